The molecule has 0 bridgehead atoms. The minimum atomic E-state index is -1.37. The minimum Gasteiger partial charge on any atom is -0.467 e. The summed E-state index contributed by atoms with van der Waals surface area (Å²) in [7, 11) is 1.25. The van der Waals surface area contributed by atoms with Crippen molar-refractivity contribution in [2.45, 2.75) is 84.5 Å². The maximum absolute atomic E-state index is 13.1. The van der Waals surface area contributed by atoms with E-state index in [0.717, 1.165) is 5.56 Å². The van der Waals surface area contributed by atoms with Gasteiger partial charge in [0, 0.05) is 6.42 Å². The highest BCUT2D eigenvalue weighted by molar-refractivity contribution is 5.95. The number of amides is 3. The van der Waals surface area contributed by atoms with Crippen LogP contribution in [0.4, 0.5) is 4.79 Å². The summed E-state index contributed by atoms with van der Waals surface area (Å²) in [5.41, 5.74) is -1.25. The molecule has 190 valence electrons. The van der Waals surface area contributed by atoms with Crippen LogP contribution in [0.5, 0.6) is 0 Å². The summed E-state index contributed by atoms with van der Waals surface area (Å²) >= 11 is 0. The number of hydrogen-bond donors (Lipinski definition) is 3. The molecule has 0 fully saturated rings. The zero-order valence-corrected chi connectivity index (χ0v) is 21.5. The highest BCUT2D eigenvalue weighted by atomic mass is 16.6. The monoisotopic (exact) mass is 477 g/mol. The van der Waals surface area contributed by atoms with E-state index in [4.69, 9.17) is 9.47 Å². The number of rotatable bonds is 10. The SMILES string of the molecule is CC[C@H](C)[C@H](NC(=O)OC(C)(C)C)C(=O)NC(C)(C)C(=O)N[C@@H](Cc1ccccc1)C(=O)OC. The molecule has 1 rings (SSSR count). The van der Waals surface area contributed by atoms with E-state index in [1.54, 1.807) is 20.8 Å². The minimum absolute atomic E-state index is 0.215. The molecular weight excluding hydrogens is 438 g/mol. The second-order valence-corrected chi connectivity index (χ2v) is 9.86. The third-order valence-electron chi connectivity index (χ3n) is 5.24. The Balaban J connectivity index is 2.95. The molecule has 9 heteroatoms. The van der Waals surface area contributed by atoms with Gasteiger partial charge in [0.2, 0.25) is 11.8 Å². The predicted molar refractivity (Wildman–Crippen MR) is 129 cm³/mol. The standard InChI is InChI=1S/C25H39N3O6/c1-9-16(2)19(27-23(32)34-24(3,4)5)20(29)28-25(6,7)22(31)26-18(21(30)33-8)15-17-13-11-10-12-14-17/h10-14,16,18-19H,9,15H2,1-8H3,(H,26,31)(H,27,32)(H,28,29)/t16-,18-,19-/m0/s1. The van der Waals surface area contributed by atoms with E-state index < -0.39 is 47.1 Å². The van der Waals surface area contributed by atoms with E-state index in [2.05, 4.69) is 16.0 Å². The molecular formula is C25H39N3O6. The van der Waals surface area contributed by atoms with E-state index in [9.17, 15) is 19.2 Å². The molecule has 0 heterocycles. The Bertz CT molecular complexity index is 848. The third kappa shape index (κ3) is 9.41. The first-order valence-electron chi connectivity index (χ1n) is 11.4. The van der Waals surface area contributed by atoms with Crippen LogP contribution in [-0.2, 0) is 30.3 Å². The lowest BCUT2D eigenvalue weighted by Crippen LogP contribution is -2.62. The Morgan fingerprint density at radius 2 is 1.56 bits per heavy atom. The molecule has 3 atom stereocenters. The van der Waals surface area contributed by atoms with Gasteiger partial charge in [-0.2, -0.15) is 0 Å². The zero-order chi connectivity index (χ0) is 26.1. The first kappa shape index (κ1) is 28.9. The predicted octanol–water partition coefficient (Wildman–Crippen LogP) is 2.72. The molecule has 0 aromatic heterocycles. The average molecular weight is 478 g/mol. The zero-order valence-electron chi connectivity index (χ0n) is 21.5. The van der Waals surface area contributed by atoms with E-state index in [0.29, 0.717) is 6.42 Å². The molecule has 0 radical (unpaired) electrons. The topological polar surface area (TPSA) is 123 Å². The summed E-state index contributed by atoms with van der Waals surface area (Å²) in [6.07, 6.45) is 0.130. The average Bonchev–Trinajstić information content (AvgIpc) is 2.74. The number of methoxy groups -OCH3 is 1. The van der Waals surface area contributed by atoms with Crippen LogP contribution in [0.15, 0.2) is 30.3 Å². The maximum Gasteiger partial charge on any atom is 0.408 e. The van der Waals surface area contributed by atoms with Gasteiger partial charge in [0.15, 0.2) is 0 Å². The quantitative estimate of drug-likeness (QED) is 0.445. The first-order chi connectivity index (χ1) is 15.7. The molecule has 0 saturated heterocycles. The number of carbonyl (C=O) groups is 4. The first-order valence-corrected chi connectivity index (χ1v) is 11.4. The molecule has 3 N–H and O–H groups in total. The van der Waals surface area contributed by atoms with E-state index in [-0.39, 0.29) is 12.3 Å². The largest absolute Gasteiger partial charge is 0.467 e. The molecule has 3 amide bonds. The van der Waals surface area contributed by atoms with Gasteiger partial charge < -0.3 is 25.4 Å². The Labute approximate surface area is 202 Å². The van der Waals surface area contributed by atoms with Gasteiger partial charge in [-0.25, -0.2) is 9.59 Å². The number of alkyl carbamates (subject to hydrolysis) is 1. The van der Waals surface area contributed by atoms with Crippen LogP contribution in [0.25, 0.3) is 0 Å². The van der Waals surface area contributed by atoms with Crippen LogP contribution in [-0.4, -0.2) is 54.2 Å². The molecule has 1 aromatic rings. The fraction of sp³-hybridized carbons (Fsp3) is 0.600. The van der Waals surface area contributed by atoms with Gasteiger partial charge in [0.05, 0.1) is 7.11 Å². The molecule has 34 heavy (non-hydrogen) atoms. The van der Waals surface area contributed by atoms with Gasteiger partial charge in [-0.1, -0.05) is 50.6 Å². The van der Waals surface area contributed by atoms with Crippen molar-refractivity contribution in [2.75, 3.05) is 7.11 Å². The number of nitrogens with one attached hydrogen (secondary N) is 3. The van der Waals surface area contributed by atoms with Crippen molar-refractivity contribution in [1.82, 2.24) is 16.0 Å². The van der Waals surface area contributed by atoms with Gasteiger partial charge in [0.25, 0.3) is 0 Å². The van der Waals surface area contributed by atoms with Gasteiger partial charge in [0.1, 0.15) is 23.2 Å². The van der Waals surface area contributed by atoms with Crippen LogP contribution in [0, 0.1) is 5.92 Å². The second-order valence-electron chi connectivity index (χ2n) is 9.86. The molecule has 0 aliphatic carbocycles. The lowest BCUT2D eigenvalue weighted by molar-refractivity contribution is -0.146. The van der Waals surface area contributed by atoms with Crippen molar-refractivity contribution < 1.29 is 28.7 Å². The third-order valence-corrected chi connectivity index (χ3v) is 5.24. The molecule has 0 aliphatic heterocycles. The summed E-state index contributed by atoms with van der Waals surface area (Å²) in [5.74, 6) is -1.90. The highest BCUT2D eigenvalue weighted by Gasteiger charge is 2.37. The Kier molecular flexibility index (Phi) is 10.5. The van der Waals surface area contributed by atoms with Crippen LogP contribution >= 0.6 is 0 Å². The highest BCUT2D eigenvalue weighted by Crippen LogP contribution is 2.14. The van der Waals surface area contributed by atoms with E-state index >= 15 is 0 Å². The summed E-state index contributed by atoms with van der Waals surface area (Å²) < 4.78 is 10.1. The Morgan fingerprint density at radius 1 is 0.971 bits per heavy atom. The number of hydrogen-bond acceptors (Lipinski definition) is 6. The van der Waals surface area contributed by atoms with E-state index in [1.165, 1.54) is 21.0 Å². The van der Waals surface area contributed by atoms with Crippen molar-refractivity contribution in [2.24, 2.45) is 5.92 Å². The number of ether oxygens (including phenoxy) is 2. The number of benzene rings is 1. The number of esters is 1. The van der Waals surface area contributed by atoms with Crippen molar-refractivity contribution >= 4 is 23.9 Å². The molecule has 1 aromatic carbocycles. The number of carbonyl (C=O) groups excluding carboxylic acids is 4. The fourth-order valence-electron chi connectivity index (χ4n) is 3.10. The molecule has 0 spiro atoms. The van der Waals surface area contributed by atoms with Crippen LogP contribution in [0.3, 0.4) is 0 Å². The Hall–Kier alpha value is -3.10. The lowest BCUT2D eigenvalue weighted by atomic mass is 9.96. The molecule has 0 aliphatic rings. The summed E-state index contributed by atoms with van der Waals surface area (Å²) in [6, 6.07) is 7.37. The molecule has 9 nitrogen and oxygen atoms in total. The molecule has 0 saturated carbocycles. The van der Waals surface area contributed by atoms with Gasteiger partial charge in [-0.3, -0.25) is 9.59 Å². The normalized spacial score (nSPS) is 14.2. The summed E-state index contributed by atoms with van der Waals surface area (Å²) in [4.78, 5) is 50.7. The van der Waals surface area contributed by atoms with Gasteiger partial charge >= 0.3 is 12.1 Å². The second kappa shape index (κ2) is 12.4. The van der Waals surface area contributed by atoms with Gasteiger partial charge in [-0.15, -0.1) is 0 Å². The van der Waals surface area contributed by atoms with Crippen molar-refractivity contribution in [1.29, 1.82) is 0 Å². The fourth-order valence-corrected chi connectivity index (χ4v) is 3.10. The summed E-state index contributed by atoms with van der Waals surface area (Å²) in [6.45, 7) is 11.9. The smallest absolute Gasteiger partial charge is 0.408 e. The van der Waals surface area contributed by atoms with Crippen molar-refractivity contribution in [3.05, 3.63) is 35.9 Å². The maximum atomic E-state index is 13.1. The van der Waals surface area contributed by atoms with E-state index in [1.807, 2.05) is 44.2 Å². The van der Waals surface area contributed by atoms with Crippen LogP contribution in [0.2, 0.25) is 0 Å². The van der Waals surface area contributed by atoms with Crippen LogP contribution < -0.4 is 16.0 Å². The van der Waals surface area contributed by atoms with Crippen molar-refractivity contribution in [3.8, 4) is 0 Å². The lowest BCUT2D eigenvalue weighted by Gasteiger charge is -2.31. The van der Waals surface area contributed by atoms with Crippen LogP contribution in [0.1, 0.15) is 60.5 Å². The van der Waals surface area contributed by atoms with Gasteiger partial charge in [-0.05, 0) is 46.1 Å². The summed E-state index contributed by atoms with van der Waals surface area (Å²) in [5, 5.41) is 7.98. The Morgan fingerprint density at radius 3 is 2.06 bits per heavy atom. The molecule has 0 unspecified atom stereocenters. The van der Waals surface area contributed by atoms with Crippen molar-refractivity contribution in [3.63, 3.8) is 0 Å².